The molecular formula is C29H24BNO. The van der Waals surface area contributed by atoms with Crippen LogP contribution in [0.1, 0.15) is 31.9 Å². The number of para-hydroxylation sites is 1. The molecule has 0 radical (unpaired) electrons. The molecule has 0 saturated heterocycles. The van der Waals surface area contributed by atoms with Crippen LogP contribution in [0, 0.1) is 6.92 Å². The third kappa shape index (κ3) is 2.21. The number of benzene rings is 4. The lowest BCUT2D eigenvalue weighted by Crippen LogP contribution is -2.54. The lowest BCUT2D eigenvalue weighted by Gasteiger charge is -2.34. The van der Waals surface area contributed by atoms with Crippen molar-refractivity contribution >= 4 is 39.6 Å². The molecule has 0 aliphatic carbocycles. The average molecular weight is 413 g/mol. The summed E-state index contributed by atoms with van der Waals surface area (Å²) in [5.41, 5.74) is 10.4. The van der Waals surface area contributed by atoms with Crippen molar-refractivity contribution in [3.63, 3.8) is 0 Å². The van der Waals surface area contributed by atoms with Crippen LogP contribution in [-0.4, -0.2) is 11.3 Å². The van der Waals surface area contributed by atoms with E-state index in [1.54, 1.807) is 0 Å². The number of hydrogen-bond donors (Lipinski definition) is 0. The summed E-state index contributed by atoms with van der Waals surface area (Å²) in [4.78, 5) is 0. The topological polar surface area (TPSA) is 14.2 Å². The van der Waals surface area contributed by atoms with Gasteiger partial charge in [0.25, 0.3) is 0 Å². The Balaban J connectivity index is 1.65. The van der Waals surface area contributed by atoms with E-state index in [-0.39, 0.29) is 12.3 Å². The molecule has 2 aliphatic heterocycles. The third-order valence-electron chi connectivity index (χ3n) is 7.26. The van der Waals surface area contributed by atoms with Gasteiger partial charge in [-0.15, -0.1) is 0 Å². The van der Waals surface area contributed by atoms with E-state index in [0.29, 0.717) is 0 Å². The number of hydrogen-bond acceptors (Lipinski definition) is 1. The van der Waals surface area contributed by atoms with E-state index in [4.69, 9.17) is 4.74 Å². The van der Waals surface area contributed by atoms with Gasteiger partial charge in [0.15, 0.2) is 0 Å². The molecule has 0 atom stereocenters. The van der Waals surface area contributed by atoms with Crippen molar-refractivity contribution in [1.82, 2.24) is 4.48 Å². The predicted molar refractivity (Wildman–Crippen MR) is 135 cm³/mol. The summed E-state index contributed by atoms with van der Waals surface area (Å²) >= 11 is 0. The maximum Gasteiger partial charge on any atom is 0.336 e. The van der Waals surface area contributed by atoms with Gasteiger partial charge in [-0.2, -0.15) is 0 Å². The van der Waals surface area contributed by atoms with Crippen LogP contribution in [0.25, 0.3) is 32.9 Å². The Bertz CT molecular complexity index is 1600. The quantitative estimate of drug-likeness (QED) is 0.273. The van der Waals surface area contributed by atoms with Crippen LogP contribution >= 0.6 is 0 Å². The highest BCUT2D eigenvalue weighted by Crippen LogP contribution is 2.42. The van der Waals surface area contributed by atoms with Gasteiger partial charge in [0.05, 0.1) is 0 Å². The molecule has 1 aromatic heterocycles. The molecule has 32 heavy (non-hydrogen) atoms. The summed E-state index contributed by atoms with van der Waals surface area (Å²) in [6.07, 6.45) is 0. The molecule has 0 N–H and O–H groups in total. The van der Waals surface area contributed by atoms with Crippen molar-refractivity contribution in [3.8, 4) is 22.6 Å². The molecule has 0 amide bonds. The first-order valence-electron chi connectivity index (χ1n) is 11.4. The van der Waals surface area contributed by atoms with Gasteiger partial charge < -0.3 is 9.21 Å². The molecule has 0 fully saturated rings. The summed E-state index contributed by atoms with van der Waals surface area (Å²) in [5.74, 6) is 1.95. The molecule has 0 saturated carbocycles. The molecule has 0 unspecified atom stereocenters. The van der Waals surface area contributed by atoms with Crippen LogP contribution in [0.5, 0.6) is 11.5 Å². The molecule has 5 aromatic rings. The predicted octanol–water partition coefficient (Wildman–Crippen LogP) is 6.14. The first-order chi connectivity index (χ1) is 15.4. The van der Waals surface area contributed by atoms with Crippen LogP contribution < -0.4 is 15.7 Å². The Hall–Kier alpha value is -3.46. The smallest absolute Gasteiger partial charge is 0.336 e. The van der Waals surface area contributed by atoms with Crippen molar-refractivity contribution in [2.75, 3.05) is 0 Å². The molecule has 0 bridgehead atoms. The van der Waals surface area contributed by atoms with Gasteiger partial charge in [-0.1, -0.05) is 74.9 Å². The molecule has 3 heteroatoms. The van der Waals surface area contributed by atoms with Gasteiger partial charge in [0, 0.05) is 32.8 Å². The van der Waals surface area contributed by atoms with Gasteiger partial charge in [0.1, 0.15) is 11.5 Å². The van der Waals surface area contributed by atoms with E-state index in [2.05, 4.69) is 105 Å². The second-order valence-corrected chi connectivity index (χ2v) is 10.3. The maximum atomic E-state index is 6.57. The first-order valence-corrected chi connectivity index (χ1v) is 11.4. The molecule has 7 rings (SSSR count). The Morgan fingerprint density at radius 1 is 0.781 bits per heavy atom. The minimum atomic E-state index is 0.0740. The minimum Gasteiger partial charge on any atom is -0.458 e. The van der Waals surface area contributed by atoms with Crippen LogP contribution in [0.2, 0.25) is 0 Å². The highest BCUT2D eigenvalue weighted by atomic mass is 16.5. The number of aromatic nitrogens is 1. The fourth-order valence-electron chi connectivity index (χ4n) is 5.71. The van der Waals surface area contributed by atoms with Crippen LogP contribution in [0.15, 0.2) is 72.8 Å². The normalized spacial score (nSPS) is 13.8. The molecule has 154 valence electrons. The average Bonchev–Trinajstić information content (AvgIpc) is 3.10. The molecule has 3 heterocycles. The number of ether oxygens (including phenoxy) is 1. The fourth-order valence-corrected chi connectivity index (χ4v) is 5.71. The van der Waals surface area contributed by atoms with Crippen molar-refractivity contribution < 1.29 is 4.74 Å². The van der Waals surface area contributed by atoms with E-state index in [9.17, 15) is 0 Å². The lowest BCUT2D eigenvalue weighted by atomic mass is 9.46. The fraction of sp³-hybridized carbons (Fsp3) is 0.172. The minimum absolute atomic E-state index is 0.0740. The Kier molecular flexibility index (Phi) is 3.32. The van der Waals surface area contributed by atoms with E-state index in [1.165, 1.54) is 55.0 Å². The van der Waals surface area contributed by atoms with Crippen molar-refractivity contribution in [2.24, 2.45) is 0 Å². The number of fused-ring (bicyclic) bond motifs is 7. The molecule has 0 spiro atoms. The second kappa shape index (κ2) is 5.86. The summed E-state index contributed by atoms with van der Waals surface area (Å²) in [6.45, 7) is 9.05. The number of nitrogens with zero attached hydrogens (tertiary/aromatic N) is 1. The zero-order valence-electron chi connectivity index (χ0n) is 18.9. The van der Waals surface area contributed by atoms with Crippen molar-refractivity contribution in [2.45, 2.75) is 33.1 Å². The Labute approximate surface area is 188 Å². The van der Waals surface area contributed by atoms with E-state index < -0.39 is 0 Å². The van der Waals surface area contributed by atoms with Crippen LogP contribution in [0.3, 0.4) is 0 Å². The molecule has 4 aromatic carbocycles. The highest BCUT2D eigenvalue weighted by molar-refractivity contribution is 6.88. The van der Waals surface area contributed by atoms with Gasteiger partial charge in [0.2, 0.25) is 0 Å². The summed E-state index contributed by atoms with van der Waals surface area (Å²) in [5, 5.41) is 2.66. The van der Waals surface area contributed by atoms with E-state index >= 15 is 0 Å². The number of aryl methyl sites for hydroxylation is 1. The van der Waals surface area contributed by atoms with Gasteiger partial charge in [-0.3, -0.25) is 0 Å². The van der Waals surface area contributed by atoms with Crippen LogP contribution in [-0.2, 0) is 5.41 Å². The monoisotopic (exact) mass is 413 g/mol. The molecule has 2 nitrogen and oxygen atoms in total. The van der Waals surface area contributed by atoms with Gasteiger partial charge >= 0.3 is 6.85 Å². The largest absolute Gasteiger partial charge is 0.458 e. The number of rotatable bonds is 0. The summed E-state index contributed by atoms with van der Waals surface area (Å²) in [7, 11) is 0. The summed E-state index contributed by atoms with van der Waals surface area (Å²) in [6, 6.07) is 26.9. The third-order valence-corrected chi connectivity index (χ3v) is 7.26. The molecular weight excluding hydrogens is 389 g/mol. The zero-order valence-corrected chi connectivity index (χ0v) is 18.9. The zero-order chi connectivity index (χ0) is 21.8. The Morgan fingerprint density at radius 3 is 2.44 bits per heavy atom. The van der Waals surface area contributed by atoms with Crippen LogP contribution in [0.4, 0.5) is 0 Å². The highest BCUT2D eigenvalue weighted by Gasteiger charge is 2.41. The standard InChI is InChI=1S/C29H24BNO/c1-17-11-14-24-22(15-17)21-9-5-8-20-19-7-6-10-25-27(19)30(31(24)28(20)21)23-13-12-18(29(2,3)4)16-26(23)32-25/h5-16H,1-4H3. The van der Waals surface area contributed by atoms with Gasteiger partial charge in [-0.25, -0.2) is 0 Å². The van der Waals surface area contributed by atoms with Gasteiger partial charge in [-0.05, 0) is 53.2 Å². The van der Waals surface area contributed by atoms with Crippen molar-refractivity contribution in [3.05, 3.63) is 83.9 Å². The van der Waals surface area contributed by atoms with Crippen molar-refractivity contribution in [1.29, 1.82) is 0 Å². The second-order valence-electron chi connectivity index (χ2n) is 10.3. The van der Waals surface area contributed by atoms with E-state index in [1.807, 2.05) is 0 Å². The first kappa shape index (κ1) is 18.1. The molecule has 2 aliphatic rings. The SMILES string of the molecule is Cc1ccc2c(c1)c1cccc3c1n2B1c2ccc(C(C)(C)C)cc2Oc2cccc-3c21. The maximum absolute atomic E-state index is 6.57. The van der Waals surface area contributed by atoms with E-state index in [0.717, 1.165) is 11.5 Å². The lowest BCUT2D eigenvalue weighted by molar-refractivity contribution is 0.483. The summed E-state index contributed by atoms with van der Waals surface area (Å²) < 4.78 is 9.12. The Morgan fingerprint density at radius 2 is 1.59 bits per heavy atom.